The van der Waals surface area contributed by atoms with E-state index in [1.54, 1.807) is 6.92 Å². The maximum Gasteiger partial charge on any atom is 0.340 e. The fraction of sp³-hybridized carbons (Fsp3) is 0.564. The lowest BCUT2D eigenvalue weighted by Crippen LogP contribution is -2.43. The third-order valence-corrected chi connectivity index (χ3v) is 7.78. The Balaban J connectivity index is 2.74. The summed E-state index contributed by atoms with van der Waals surface area (Å²) in [5.41, 5.74) is 6.33. The molecular weight excluding hydrogens is 532 g/mol. The molecule has 0 saturated heterocycles. The van der Waals surface area contributed by atoms with E-state index in [1.807, 2.05) is 44.2 Å². The summed E-state index contributed by atoms with van der Waals surface area (Å²) >= 11 is 0. The Hall–Kier alpha value is -2.69. The van der Waals surface area contributed by atoms with Gasteiger partial charge in [-0.05, 0) is 125 Å². The summed E-state index contributed by atoms with van der Waals surface area (Å²) in [7, 11) is 1.51. The number of hydrogen-bond acceptors (Lipinski definition) is 4. The van der Waals surface area contributed by atoms with Gasteiger partial charge in [0.2, 0.25) is 0 Å². The van der Waals surface area contributed by atoms with Crippen molar-refractivity contribution in [1.29, 1.82) is 0 Å². The van der Waals surface area contributed by atoms with Gasteiger partial charge in [-0.15, -0.1) is 0 Å². The van der Waals surface area contributed by atoms with Crippen molar-refractivity contribution in [2.45, 2.75) is 137 Å². The Bertz CT molecular complexity index is 1090. The van der Waals surface area contributed by atoms with Crippen LogP contribution < -0.4 is 0 Å². The molecule has 0 bridgehead atoms. The monoisotopic (exact) mass is 592 g/mol. The number of ether oxygens (including phenoxy) is 2. The van der Waals surface area contributed by atoms with Gasteiger partial charge in [0.1, 0.15) is 6.10 Å². The molecule has 0 spiro atoms. The van der Waals surface area contributed by atoms with E-state index < -0.39 is 23.8 Å². The van der Waals surface area contributed by atoms with Crippen LogP contribution in [0.4, 0.5) is 0 Å². The summed E-state index contributed by atoms with van der Waals surface area (Å²) in [6.07, 6.45) is 18.9. The standard InChI is InChI=1S/C39H60O4/c1-30(2)18-15-22-33(6)24-16-23-32(5)20-13-14-21-34(7)27-28-36(39(8,41)29-17-19-31(3)4)43-38(40)37(42-9)35-25-11-10-12-26-35/h10-12,18-21,24-26,36-37,41H,13-17,22-23,27-29H2,1-9H3/b32-20+,33-24+,34-21+/t36-,37-,39+/m0/s1. The van der Waals surface area contributed by atoms with Crippen molar-refractivity contribution < 1.29 is 19.4 Å². The second kappa shape index (κ2) is 21.1. The SMILES string of the molecule is CO[C@H](C(=O)O[C@@H](CC/C(C)=C/CC/C=C(\C)CC/C=C(\C)CCC=C(C)C)[C@](C)(O)CCC=C(C)C)c1ccccc1. The Morgan fingerprint density at radius 1 is 0.744 bits per heavy atom. The molecule has 0 fully saturated rings. The first kappa shape index (κ1) is 38.3. The molecule has 0 radical (unpaired) electrons. The Morgan fingerprint density at radius 3 is 1.77 bits per heavy atom. The van der Waals surface area contributed by atoms with Gasteiger partial charge in [0.15, 0.2) is 6.10 Å². The normalized spacial score (nSPS) is 15.3. The van der Waals surface area contributed by atoms with Crippen LogP contribution in [0, 0.1) is 0 Å². The Kier molecular flexibility index (Phi) is 18.8. The fourth-order valence-corrected chi connectivity index (χ4v) is 4.97. The fourth-order valence-electron chi connectivity index (χ4n) is 4.97. The van der Waals surface area contributed by atoms with Crippen LogP contribution in [0.2, 0.25) is 0 Å². The minimum atomic E-state index is -1.16. The van der Waals surface area contributed by atoms with Gasteiger partial charge >= 0.3 is 5.97 Å². The first-order valence-corrected chi connectivity index (χ1v) is 16.1. The molecule has 240 valence electrons. The molecule has 3 atom stereocenters. The summed E-state index contributed by atoms with van der Waals surface area (Å²) in [6, 6.07) is 9.35. The summed E-state index contributed by atoms with van der Waals surface area (Å²) < 4.78 is 11.5. The summed E-state index contributed by atoms with van der Waals surface area (Å²) in [4.78, 5) is 13.2. The highest BCUT2D eigenvalue weighted by atomic mass is 16.6. The molecule has 0 heterocycles. The second-order valence-electron chi connectivity index (χ2n) is 12.8. The molecule has 0 aliphatic carbocycles. The molecule has 0 saturated carbocycles. The quantitative estimate of drug-likeness (QED) is 0.0929. The number of rotatable bonds is 20. The van der Waals surface area contributed by atoms with Crippen molar-refractivity contribution in [3.63, 3.8) is 0 Å². The van der Waals surface area contributed by atoms with Crippen molar-refractivity contribution >= 4 is 5.97 Å². The maximum atomic E-state index is 13.2. The van der Waals surface area contributed by atoms with E-state index in [2.05, 4.69) is 65.0 Å². The highest BCUT2D eigenvalue weighted by molar-refractivity contribution is 5.76. The van der Waals surface area contributed by atoms with Gasteiger partial charge < -0.3 is 14.6 Å². The molecule has 0 unspecified atom stereocenters. The number of benzene rings is 1. The predicted molar refractivity (Wildman–Crippen MR) is 183 cm³/mol. The van der Waals surface area contributed by atoms with E-state index in [0.717, 1.165) is 56.9 Å². The molecule has 1 N–H and O–H groups in total. The first-order chi connectivity index (χ1) is 20.4. The number of carbonyl (C=O) groups excluding carboxylic acids is 1. The van der Waals surface area contributed by atoms with Crippen LogP contribution in [0.1, 0.15) is 131 Å². The average Bonchev–Trinajstić information content (AvgIpc) is 2.93. The first-order valence-electron chi connectivity index (χ1n) is 16.1. The lowest BCUT2D eigenvalue weighted by molar-refractivity contribution is -0.176. The summed E-state index contributed by atoms with van der Waals surface area (Å²) in [5.74, 6) is -0.471. The Morgan fingerprint density at radius 2 is 1.23 bits per heavy atom. The van der Waals surface area contributed by atoms with Crippen LogP contribution in [0.25, 0.3) is 0 Å². The zero-order chi connectivity index (χ0) is 32.3. The number of hydrogen-bond donors (Lipinski definition) is 1. The molecule has 1 aromatic carbocycles. The van der Waals surface area contributed by atoms with Gasteiger partial charge in [-0.2, -0.15) is 0 Å². The zero-order valence-electron chi connectivity index (χ0n) is 28.7. The Labute approximate surface area is 263 Å². The van der Waals surface area contributed by atoms with Crippen LogP contribution in [-0.2, 0) is 14.3 Å². The topological polar surface area (TPSA) is 55.8 Å². The minimum absolute atomic E-state index is 0.471. The number of esters is 1. The number of unbranched alkanes of at least 4 members (excludes halogenated alkanes) is 1. The molecule has 0 aromatic heterocycles. The summed E-state index contributed by atoms with van der Waals surface area (Å²) in [6.45, 7) is 16.8. The van der Waals surface area contributed by atoms with Gasteiger partial charge in [-0.3, -0.25) is 0 Å². The van der Waals surface area contributed by atoms with Gasteiger partial charge in [0.05, 0.1) is 5.60 Å². The molecule has 43 heavy (non-hydrogen) atoms. The van der Waals surface area contributed by atoms with Crippen molar-refractivity contribution in [1.82, 2.24) is 0 Å². The lowest BCUT2D eigenvalue weighted by Gasteiger charge is -2.33. The third-order valence-electron chi connectivity index (χ3n) is 7.78. The number of allylic oxidation sites excluding steroid dienone is 10. The van der Waals surface area contributed by atoms with E-state index in [9.17, 15) is 9.90 Å². The molecule has 1 rings (SSSR count). The van der Waals surface area contributed by atoms with Gasteiger partial charge in [0, 0.05) is 7.11 Å². The second-order valence-corrected chi connectivity index (χ2v) is 12.8. The van der Waals surface area contributed by atoms with E-state index in [1.165, 1.54) is 35.0 Å². The zero-order valence-corrected chi connectivity index (χ0v) is 28.7. The highest BCUT2D eigenvalue weighted by Crippen LogP contribution is 2.28. The summed E-state index contributed by atoms with van der Waals surface area (Å²) in [5, 5.41) is 11.4. The molecule has 4 heteroatoms. The third kappa shape index (κ3) is 17.3. The molecule has 0 aliphatic heterocycles. The number of carbonyl (C=O) groups is 1. The van der Waals surface area contributed by atoms with Crippen LogP contribution in [0.3, 0.4) is 0 Å². The van der Waals surface area contributed by atoms with E-state index >= 15 is 0 Å². The van der Waals surface area contributed by atoms with E-state index in [-0.39, 0.29) is 0 Å². The van der Waals surface area contributed by atoms with Crippen molar-refractivity contribution in [2.75, 3.05) is 7.11 Å². The molecule has 4 nitrogen and oxygen atoms in total. The van der Waals surface area contributed by atoms with E-state index in [4.69, 9.17) is 9.47 Å². The maximum absolute atomic E-state index is 13.2. The van der Waals surface area contributed by atoms with Crippen LogP contribution >= 0.6 is 0 Å². The van der Waals surface area contributed by atoms with Gasteiger partial charge in [0.25, 0.3) is 0 Å². The number of aliphatic hydroxyl groups is 1. The molecule has 0 amide bonds. The minimum Gasteiger partial charge on any atom is -0.457 e. The lowest BCUT2D eigenvalue weighted by atomic mass is 9.88. The molecular formula is C39H60O4. The highest BCUT2D eigenvalue weighted by Gasteiger charge is 2.36. The van der Waals surface area contributed by atoms with Crippen LogP contribution in [0.15, 0.2) is 88.6 Å². The van der Waals surface area contributed by atoms with Crippen molar-refractivity contribution in [3.05, 3.63) is 94.1 Å². The van der Waals surface area contributed by atoms with Crippen molar-refractivity contribution in [2.24, 2.45) is 0 Å². The van der Waals surface area contributed by atoms with Crippen LogP contribution in [0.5, 0.6) is 0 Å². The number of methoxy groups -OCH3 is 1. The van der Waals surface area contributed by atoms with E-state index in [0.29, 0.717) is 12.8 Å². The molecule has 0 aliphatic rings. The van der Waals surface area contributed by atoms with Crippen LogP contribution in [-0.4, -0.2) is 29.9 Å². The molecule has 1 aromatic rings. The largest absolute Gasteiger partial charge is 0.457 e. The average molecular weight is 593 g/mol. The van der Waals surface area contributed by atoms with Crippen molar-refractivity contribution in [3.8, 4) is 0 Å². The smallest absolute Gasteiger partial charge is 0.340 e. The van der Waals surface area contributed by atoms with Gasteiger partial charge in [-0.1, -0.05) is 88.6 Å². The van der Waals surface area contributed by atoms with Gasteiger partial charge in [-0.25, -0.2) is 4.79 Å². The predicted octanol–water partition coefficient (Wildman–Crippen LogP) is 10.7.